The molecular formula is C12H17N3O. The van der Waals surface area contributed by atoms with Crippen LogP contribution in [0.4, 0.5) is 0 Å². The minimum absolute atomic E-state index is 0.0561. The average Bonchev–Trinajstić information content (AvgIpc) is 2.15. The summed E-state index contributed by atoms with van der Waals surface area (Å²) < 4.78 is 0. The van der Waals surface area contributed by atoms with Gasteiger partial charge in [0.2, 0.25) is 0 Å². The smallest absolute Gasteiger partial charge is 0.254 e. The van der Waals surface area contributed by atoms with Gasteiger partial charge in [0.25, 0.3) is 5.91 Å². The van der Waals surface area contributed by atoms with Crippen molar-refractivity contribution in [1.82, 2.24) is 10.1 Å². The molecule has 1 heterocycles. The summed E-state index contributed by atoms with van der Waals surface area (Å²) in [5.74, 6) is -0.0561. The topological polar surface area (TPSA) is 35.9 Å². The fourth-order valence-corrected chi connectivity index (χ4v) is 2.36. The van der Waals surface area contributed by atoms with E-state index in [1.807, 2.05) is 25.1 Å². The lowest BCUT2D eigenvalue weighted by Gasteiger charge is -2.42. The molecule has 0 spiro atoms. The van der Waals surface area contributed by atoms with Gasteiger partial charge in [0, 0.05) is 25.9 Å². The first kappa shape index (κ1) is 11.1. The molecule has 1 aliphatic carbocycles. The molecule has 0 radical (unpaired) electrons. The monoisotopic (exact) mass is 219 g/mol. The van der Waals surface area contributed by atoms with Crippen LogP contribution in [0.25, 0.3) is 0 Å². The molecule has 2 aliphatic rings. The minimum Gasteiger partial charge on any atom is -0.272 e. The second kappa shape index (κ2) is 3.56. The summed E-state index contributed by atoms with van der Waals surface area (Å²) in [6.45, 7) is 6.48. The first-order valence-electron chi connectivity index (χ1n) is 5.41. The highest BCUT2D eigenvalue weighted by Crippen LogP contribution is 2.33. The summed E-state index contributed by atoms with van der Waals surface area (Å²) in [4.78, 5) is 11.4. The third kappa shape index (κ3) is 1.59. The van der Waals surface area contributed by atoms with Crippen LogP contribution in [0.5, 0.6) is 0 Å². The molecule has 0 fully saturated rings. The number of hydrogen-bond acceptors (Lipinski definition) is 3. The molecule has 16 heavy (non-hydrogen) atoms. The minimum atomic E-state index is -0.0838. The molecule has 2 rings (SSSR count). The molecule has 0 aromatic carbocycles. The largest absolute Gasteiger partial charge is 0.272 e. The Kier molecular flexibility index (Phi) is 2.46. The summed E-state index contributed by atoms with van der Waals surface area (Å²) in [5, 5.41) is 7.74. The zero-order valence-electron chi connectivity index (χ0n) is 10.2. The van der Waals surface area contributed by atoms with Crippen molar-refractivity contribution in [3.8, 4) is 0 Å². The molecule has 1 aliphatic heterocycles. The van der Waals surface area contributed by atoms with E-state index < -0.39 is 0 Å². The number of carbonyl (C=O) groups excluding carboxylic acids is 1. The first-order chi connectivity index (χ1) is 7.44. The number of rotatable bonds is 0. The van der Waals surface area contributed by atoms with E-state index in [9.17, 15) is 4.79 Å². The van der Waals surface area contributed by atoms with Crippen LogP contribution in [0.1, 0.15) is 20.8 Å². The summed E-state index contributed by atoms with van der Waals surface area (Å²) >= 11 is 0. The second-order valence-corrected chi connectivity index (χ2v) is 4.70. The number of fused-ring (bicyclic) bond motifs is 1. The first-order valence-corrected chi connectivity index (χ1v) is 5.41. The van der Waals surface area contributed by atoms with Crippen molar-refractivity contribution in [3.63, 3.8) is 0 Å². The van der Waals surface area contributed by atoms with E-state index in [1.165, 1.54) is 12.0 Å². The van der Waals surface area contributed by atoms with E-state index in [1.54, 1.807) is 0 Å². The number of hydrazine groups is 1. The van der Waals surface area contributed by atoms with Crippen molar-refractivity contribution >= 4 is 11.6 Å². The fourth-order valence-electron chi connectivity index (χ4n) is 2.36. The Bertz CT molecular complexity index is 422. The lowest BCUT2D eigenvalue weighted by Crippen LogP contribution is -2.52. The van der Waals surface area contributed by atoms with Crippen molar-refractivity contribution in [2.24, 2.45) is 10.5 Å². The Morgan fingerprint density at radius 3 is 2.88 bits per heavy atom. The normalized spacial score (nSPS) is 29.6. The van der Waals surface area contributed by atoms with Crippen molar-refractivity contribution in [3.05, 3.63) is 23.8 Å². The van der Waals surface area contributed by atoms with Gasteiger partial charge in [-0.2, -0.15) is 15.2 Å². The van der Waals surface area contributed by atoms with Gasteiger partial charge in [-0.3, -0.25) is 4.79 Å². The summed E-state index contributed by atoms with van der Waals surface area (Å²) in [5.41, 5.74) is 2.03. The fraction of sp³-hybridized carbons (Fsp3) is 0.500. The van der Waals surface area contributed by atoms with Crippen molar-refractivity contribution < 1.29 is 4.79 Å². The average molecular weight is 219 g/mol. The molecule has 1 atom stereocenters. The maximum absolute atomic E-state index is 11.4. The Morgan fingerprint density at radius 2 is 2.25 bits per heavy atom. The van der Waals surface area contributed by atoms with E-state index in [0.717, 1.165) is 17.8 Å². The molecule has 0 saturated carbocycles. The quantitative estimate of drug-likeness (QED) is 0.620. The van der Waals surface area contributed by atoms with Crippen molar-refractivity contribution in [2.45, 2.75) is 20.8 Å². The third-order valence-corrected chi connectivity index (χ3v) is 3.08. The van der Waals surface area contributed by atoms with Gasteiger partial charge in [-0.05, 0) is 19.4 Å². The van der Waals surface area contributed by atoms with Gasteiger partial charge >= 0.3 is 0 Å². The maximum atomic E-state index is 11.4. The lowest BCUT2D eigenvalue weighted by atomic mass is 9.78. The molecule has 0 saturated heterocycles. The van der Waals surface area contributed by atoms with Crippen LogP contribution in [0, 0.1) is 5.41 Å². The van der Waals surface area contributed by atoms with Crippen LogP contribution in [0.15, 0.2) is 28.9 Å². The van der Waals surface area contributed by atoms with E-state index in [2.05, 4.69) is 24.2 Å². The third-order valence-electron chi connectivity index (χ3n) is 3.08. The highest BCUT2D eigenvalue weighted by atomic mass is 16.2. The summed E-state index contributed by atoms with van der Waals surface area (Å²) in [6, 6.07) is 0. The Hall–Kier alpha value is -1.42. The van der Waals surface area contributed by atoms with E-state index >= 15 is 0 Å². The molecule has 0 bridgehead atoms. The molecule has 4 nitrogen and oxygen atoms in total. The van der Waals surface area contributed by atoms with Crippen LogP contribution >= 0.6 is 0 Å². The van der Waals surface area contributed by atoms with E-state index in [-0.39, 0.29) is 11.3 Å². The lowest BCUT2D eigenvalue weighted by molar-refractivity contribution is -0.147. The SMILES string of the molecule is CC(=O)N1N=C2C(C)=CC=CC2(C)CN1C. The van der Waals surface area contributed by atoms with Crippen molar-refractivity contribution in [2.75, 3.05) is 13.6 Å². The van der Waals surface area contributed by atoms with Gasteiger partial charge in [0.1, 0.15) is 0 Å². The number of carbonyl (C=O) groups is 1. The Balaban J connectivity index is 2.47. The van der Waals surface area contributed by atoms with Gasteiger partial charge < -0.3 is 0 Å². The predicted molar refractivity (Wildman–Crippen MR) is 63.6 cm³/mol. The maximum Gasteiger partial charge on any atom is 0.254 e. The van der Waals surface area contributed by atoms with Crippen LogP contribution < -0.4 is 0 Å². The van der Waals surface area contributed by atoms with Gasteiger partial charge in [-0.15, -0.1) is 0 Å². The van der Waals surface area contributed by atoms with E-state index in [0.29, 0.717) is 0 Å². The molecular weight excluding hydrogens is 202 g/mol. The molecule has 0 aromatic heterocycles. The number of amides is 1. The predicted octanol–water partition coefficient (Wildman–Crippen LogP) is 1.57. The van der Waals surface area contributed by atoms with Gasteiger partial charge in [-0.1, -0.05) is 18.2 Å². The number of hydrogen-bond donors (Lipinski definition) is 0. The van der Waals surface area contributed by atoms with E-state index in [4.69, 9.17) is 0 Å². The number of allylic oxidation sites excluding steroid dienone is 3. The molecule has 86 valence electrons. The second-order valence-electron chi connectivity index (χ2n) is 4.70. The zero-order valence-corrected chi connectivity index (χ0v) is 10.2. The van der Waals surface area contributed by atoms with Gasteiger partial charge in [0.05, 0.1) is 5.71 Å². The van der Waals surface area contributed by atoms with Crippen LogP contribution in [-0.2, 0) is 4.79 Å². The van der Waals surface area contributed by atoms with Crippen molar-refractivity contribution in [1.29, 1.82) is 0 Å². The van der Waals surface area contributed by atoms with Crippen LogP contribution in [0.2, 0.25) is 0 Å². The van der Waals surface area contributed by atoms with Gasteiger partial charge in [-0.25, -0.2) is 0 Å². The standard InChI is InChI=1S/C12H17N3O/c1-9-6-5-7-12(3)8-14(4)15(10(2)16)13-11(9)12/h5-7H,8H2,1-4H3. The zero-order chi connectivity index (χ0) is 11.9. The summed E-state index contributed by atoms with van der Waals surface area (Å²) in [6.07, 6.45) is 6.24. The van der Waals surface area contributed by atoms with Crippen LogP contribution in [-0.4, -0.2) is 35.3 Å². The highest BCUT2D eigenvalue weighted by molar-refractivity contribution is 6.07. The molecule has 1 unspecified atom stereocenters. The Labute approximate surface area is 95.9 Å². The summed E-state index contributed by atoms with van der Waals surface area (Å²) in [7, 11) is 1.88. The highest BCUT2D eigenvalue weighted by Gasteiger charge is 2.38. The number of hydrazone groups is 1. The molecule has 0 aromatic rings. The van der Waals surface area contributed by atoms with Crippen LogP contribution in [0.3, 0.4) is 0 Å². The van der Waals surface area contributed by atoms with Gasteiger partial charge in [0.15, 0.2) is 0 Å². The molecule has 1 amide bonds. The molecule has 0 N–H and O–H groups in total. The number of nitrogens with zero attached hydrogens (tertiary/aromatic N) is 3. The molecule has 4 heteroatoms. The Morgan fingerprint density at radius 1 is 1.56 bits per heavy atom.